The first kappa shape index (κ1) is 25.0. The van der Waals surface area contributed by atoms with Crippen molar-refractivity contribution in [1.82, 2.24) is 24.8 Å². The van der Waals surface area contributed by atoms with Gasteiger partial charge in [-0.15, -0.1) is 0 Å². The fraction of sp³-hybridized carbons (Fsp3) is 0.385. The third kappa shape index (κ3) is 7.71. The van der Waals surface area contributed by atoms with Crippen molar-refractivity contribution in [2.24, 2.45) is 0 Å². The Morgan fingerprint density at radius 1 is 1.06 bits per heavy atom. The van der Waals surface area contributed by atoms with Gasteiger partial charge in [0.15, 0.2) is 0 Å². The number of piperazine rings is 1. The van der Waals surface area contributed by atoms with Gasteiger partial charge in [-0.25, -0.2) is 15.0 Å². The fourth-order valence-corrected chi connectivity index (χ4v) is 4.02. The Morgan fingerprint density at radius 3 is 2.54 bits per heavy atom. The Labute approximate surface area is 211 Å². The number of esters is 1. The molecule has 1 aliphatic heterocycles. The van der Waals surface area contributed by atoms with Gasteiger partial charge in [0.1, 0.15) is 10.8 Å². The topological polar surface area (TPSA) is 83.5 Å². The first-order valence-electron chi connectivity index (χ1n) is 11.7. The molecule has 2 aromatic heterocycles. The summed E-state index contributed by atoms with van der Waals surface area (Å²) in [6, 6.07) is 13.7. The third-order valence-electron chi connectivity index (χ3n) is 5.51. The van der Waals surface area contributed by atoms with Crippen molar-refractivity contribution in [3.63, 3.8) is 0 Å². The van der Waals surface area contributed by atoms with Crippen molar-refractivity contribution < 1.29 is 9.53 Å². The van der Waals surface area contributed by atoms with E-state index in [2.05, 4.69) is 42.2 Å². The van der Waals surface area contributed by atoms with E-state index >= 15 is 0 Å². The van der Waals surface area contributed by atoms with E-state index in [-0.39, 0.29) is 5.97 Å². The second-order valence-electron chi connectivity index (χ2n) is 9.60. The molecular weight excluding hydrogens is 464 g/mol. The van der Waals surface area contributed by atoms with Crippen LogP contribution in [0, 0.1) is 0 Å². The highest BCUT2D eigenvalue weighted by atomic mass is 35.5. The number of hydrogen-bond acceptors (Lipinski definition) is 8. The van der Waals surface area contributed by atoms with E-state index in [1.807, 2.05) is 45.0 Å². The predicted octanol–water partition coefficient (Wildman–Crippen LogP) is 4.39. The van der Waals surface area contributed by atoms with Crippen LogP contribution < -0.4 is 5.32 Å². The normalized spacial score (nSPS) is 15.1. The molecule has 0 aliphatic carbocycles. The van der Waals surface area contributed by atoms with Gasteiger partial charge < -0.3 is 10.1 Å². The molecule has 184 valence electrons. The summed E-state index contributed by atoms with van der Waals surface area (Å²) in [6.07, 6.45) is 3.42. The van der Waals surface area contributed by atoms with E-state index in [0.717, 1.165) is 49.7 Å². The molecule has 8 nitrogen and oxygen atoms in total. The molecule has 0 spiro atoms. The lowest BCUT2D eigenvalue weighted by Crippen LogP contribution is -2.48. The molecule has 1 saturated heterocycles. The first-order valence-corrected chi connectivity index (χ1v) is 12.1. The summed E-state index contributed by atoms with van der Waals surface area (Å²) >= 11 is 5.89. The van der Waals surface area contributed by atoms with Gasteiger partial charge in [-0.2, -0.15) is 0 Å². The van der Waals surface area contributed by atoms with Crippen molar-refractivity contribution in [2.45, 2.75) is 32.9 Å². The molecule has 3 heterocycles. The van der Waals surface area contributed by atoms with Gasteiger partial charge in [0, 0.05) is 56.4 Å². The lowest BCUT2D eigenvalue weighted by atomic mass is 10.1. The standard InChI is InChI=1S/C26H31ClN6O2/c1-26(2,3)35-24(34)18-33-13-11-32(12-14-33)17-19-5-4-6-21(15-19)30-25-28-10-9-22(31-25)20-7-8-23(27)29-16-20/h4-10,15-16H,11-14,17-18H2,1-3H3,(H,28,30,31). The number of pyridine rings is 1. The summed E-state index contributed by atoms with van der Waals surface area (Å²) in [4.78, 5) is 29.7. The van der Waals surface area contributed by atoms with E-state index in [1.165, 1.54) is 5.56 Å². The molecule has 1 aromatic carbocycles. The van der Waals surface area contributed by atoms with Crippen LogP contribution >= 0.6 is 11.6 Å². The van der Waals surface area contributed by atoms with Gasteiger partial charge >= 0.3 is 5.97 Å². The molecule has 1 fully saturated rings. The first-order chi connectivity index (χ1) is 16.7. The average Bonchev–Trinajstić information content (AvgIpc) is 2.80. The van der Waals surface area contributed by atoms with Crippen LogP contribution in [0.15, 0.2) is 54.9 Å². The highest BCUT2D eigenvalue weighted by Crippen LogP contribution is 2.21. The molecule has 3 aromatic rings. The minimum absolute atomic E-state index is 0.164. The molecule has 0 amide bonds. The maximum atomic E-state index is 12.1. The lowest BCUT2D eigenvalue weighted by molar-refractivity contribution is -0.156. The van der Waals surface area contributed by atoms with E-state index < -0.39 is 5.60 Å². The predicted molar refractivity (Wildman–Crippen MR) is 138 cm³/mol. The van der Waals surface area contributed by atoms with Gasteiger partial charge in [-0.05, 0) is 56.7 Å². The number of carbonyl (C=O) groups is 1. The number of benzene rings is 1. The van der Waals surface area contributed by atoms with Crippen molar-refractivity contribution in [1.29, 1.82) is 0 Å². The SMILES string of the molecule is CC(C)(C)OC(=O)CN1CCN(Cc2cccc(Nc3nccc(-c4ccc(Cl)nc4)n3)c2)CC1. The molecular formula is C26H31ClN6O2. The number of nitrogens with zero attached hydrogens (tertiary/aromatic N) is 5. The summed E-state index contributed by atoms with van der Waals surface area (Å²) in [6.45, 7) is 10.4. The largest absolute Gasteiger partial charge is 0.459 e. The second-order valence-corrected chi connectivity index (χ2v) is 9.99. The molecule has 1 N–H and O–H groups in total. The quantitative estimate of drug-likeness (QED) is 0.382. The zero-order chi connectivity index (χ0) is 24.8. The molecule has 9 heteroatoms. The molecule has 0 unspecified atom stereocenters. The number of ether oxygens (including phenoxy) is 1. The fourth-order valence-electron chi connectivity index (χ4n) is 3.90. The van der Waals surface area contributed by atoms with Crippen molar-refractivity contribution in [2.75, 3.05) is 38.0 Å². The van der Waals surface area contributed by atoms with Crippen LogP contribution in [0.2, 0.25) is 5.15 Å². The molecule has 35 heavy (non-hydrogen) atoms. The zero-order valence-corrected chi connectivity index (χ0v) is 21.1. The third-order valence-corrected chi connectivity index (χ3v) is 5.73. The van der Waals surface area contributed by atoms with Gasteiger partial charge in [-0.1, -0.05) is 23.7 Å². The number of carbonyl (C=O) groups excluding carboxylic acids is 1. The summed E-state index contributed by atoms with van der Waals surface area (Å²) in [7, 11) is 0. The molecule has 0 bridgehead atoms. The van der Waals surface area contributed by atoms with Crippen LogP contribution in [0.25, 0.3) is 11.3 Å². The van der Waals surface area contributed by atoms with Crippen molar-refractivity contribution in [3.8, 4) is 11.3 Å². The molecule has 0 atom stereocenters. The minimum atomic E-state index is -0.447. The van der Waals surface area contributed by atoms with Crippen LogP contribution in [0.1, 0.15) is 26.3 Å². The van der Waals surface area contributed by atoms with E-state index in [4.69, 9.17) is 16.3 Å². The number of halogens is 1. The van der Waals surface area contributed by atoms with Gasteiger partial charge in [0.25, 0.3) is 0 Å². The Hall–Kier alpha value is -3.07. The Kier molecular flexibility index (Phi) is 7.95. The smallest absolute Gasteiger partial charge is 0.320 e. The van der Waals surface area contributed by atoms with E-state index in [0.29, 0.717) is 17.6 Å². The Morgan fingerprint density at radius 2 is 1.83 bits per heavy atom. The second kappa shape index (κ2) is 11.1. The molecule has 0 saturated carbocycles. The number of hydrogen-bond donors (Lipinski definition) is 1. The lowest BCUT2D eigenvalue weighted by Gasteiger charge is -2.34. The van der Waals surface area contributed by atoms with Crippen LogP contribution in [-0.2, 0) is 16.1 Å². The highest BCUT2D eigenvalue weighted by Gasteiger charge is 2.22. The molecule has 4 rings (SSSR count). The molecule has 1 aliphatic rings. The summed E-state index contributed by atoms with van der Waals surface area (Å²) in [5, 5.41) is 3.75. The number of anilines is 2. The summed E-state index contributed by atoms with van der Waals surface area (Å²) in [5.74, 6) is 0.355. The Balaban J connectivity index is 1.31. The highest BCUT2D eigenvalue weighted by molar-refractivity contribution is 6.29. The van der Waals surface area contributed by atoms with Crippen LogP contribution in [0.5, 0.6) is 0 Å². The van der Waals surface area contributed by atoms with E-state index in [9.17, 15) is 4.79 Å². The number of aromatic nitrogens is 3. The zero-order valence-electron chi connectivity index (χ0n) is 20.4. The number of rotatable bonds is 7. The van der Waals surface area contributed by atoms with Crippen LogP contribution in [0.4, 0.5) is 11.6 Å². The minimum Gasteiger partial charge on any atom is -0.459 e. The summed E-state index contributed by atoms with van der Waals surface area (Å²) in [5.41, 5.74) is 3.33. The van der Waals surface area contributed by atoms with Crippen LogP contribution in [0.3, 0.4) is 0 Å². The maximum Gasteiger partial charge on any atom is 0.320 e. The van der Waals surface area contributed by atoms with Crippen molar-refractivity contribution >= 4 is 29.2 Å². The van der Waals surface area contributed by atoms with Gasteiger partial charge in [0.2, 0.25) is 5.95 Å². The Bertz CT molecular complexity index is 1140. The number of nitrogens with one attached hydrogen (secondary N) is 1. The summed E-state index contributed by atoms with van der Waals surface area (Å²) < 4.78 is 5.44. The maximum absolute atomic E-state index is 12.1. The monoisotopic (exact) mass is 494 g/mol. The van der Waals surface area contributed by atoms with Gasteiger partial charge in [0.05, 0.1) is 12.2 Å². The van der Waals surface area contributed by atoms with Crippen LogP contribution in [-0.4, -0.2) is 69.0 Å². The van der Waals surface area contributed by atoms with Crippen molar-refractivity contribution in [3.05, 3.63) is 65.6 Å². The van der Waals surface area contributed by atoms with Gasteiger partial charge in [-0.3, -0.25) is 14.6 Å². The van der Waals surface area contributed by atoms with E-state index in [1.54, 1.807) is 18.5 Å². The molecule has 0 radical (unpaired) electrons. The average molecular weight is 495 g/mol.